The minimum atomic E-state index is -2.54. The molecule has 4 heteroatoms. The van der Waals surface area contributed by atoms with Gasteiger partial charge in [0, 0.05) is 17.6 Å². The lowest BCUT2D eigenvalue weighted by atomic mass is 10.1. The first-order chi connectivity index (χ1) is 7.72. The average molecular weight is 222 g/mol. The quantitative estimate of drug-likeness (QED) is 0.858. The number of rotatable bonds is 3. The maximum atomic E-state index is 12.6. The lowest BCUT2D eigenvalue weighted by molar-refractivity contribution is 0.146. The summed E-state index contributed by atoms with van der Waals surface area (Å²) in [5.74, 6) is 0. The van der Waals surface area contributed by atoms with Gasteiger partial charge in [0.2, 0.25) is 0 Å². The van der Waals surface area contributed by atoms with Crippen LogP contribution in [0.15, 0.2) is 30.3 Å². The third-order valence-corrected chi connectivity index (χ3v) is 2.33. The molecule has 0 saturated carbocycles. The van der Waals surface area contributed by atoms with E-state index in [9.17, 15) is 8.78 Å². The van der Waals surface area contributed by atoms with Crippen LogP contribution in [0.2, 0.25) is 0 Å². The van der Waals surface area contributed by atoms with Gasteiger partial charge in [-0.3, -0.25) is 0 Å². The van der Waals surface area contributed by atoms with Gasteiger partial charge in [0.1, 0.15) is 5.69 Å². The van der Waals surface area contributed by atoms with Gasteiger partial charge in [-0.2, -0.15) is 0 Å². The molecule has 0 fully saturated rings. The maximum absolute atomic E-state index is 12.6. The number of aromatic nitrogens is 1. The predicted octanol–water partition coefficient (Wildman–Crippen LogP) is 3.60. The smallest absolute Gasteiger partial charge is 0.280 e. The maximum Gasteiger partial charge on any atom is 0.280 e. The zero-order valence-electron chi connectivity index (χ0n) is 8.87. The molecule has 2 rings (SSSR count). The Morgan fingerprint density at radius 2 is 2.06 bits per heavy atom. The SMILES string of the molecule is CCNc1cc(C(F)F)nc2ccccc12. The van der Waals surface area contributed by atoms with E-state index in [1.54, 1.807) is 12.1 Å². The highest BCUT2D eigenvalue weighted by atomic mass is 19.3. The number of benzene rings is 1. The normalized spacial score (nSPS) is 11.0. The average Bonchev–Trinajstić information content (AvgIpc) is 2.29. The molecule has 2 nitrogen and oxygen atoms in total. The highest BCUT2D eigenvalue weighted by molar-refractivity contribution is 5.91. The molecule has 16 heavy (non-hydrogen) atoms. The molecule has 0 amide bonds. The summed E-state index contributed by atoms with van der Waals surface area (Å²) in [6.45, 7) is 2.62. The number of pyridine rings is 1. The van der Waals surface area contributed by atoms with Crippen LogP contribution in [0.5, 0.6) is 0 Å². The van der Waals surface area contributed by atoms with Crippen LogP contribution in [0.25, 0.3) is 10.9 Å². The minimum Gasteiger partial charge on any atom is -0.385 e. The van der Waals surface area contributed by atoms with E-state index in [1.165, 1.54) is 6.07 Å². The molecule has 1 heterocycles. The van der Waals surface area contributed by atoms with E-state index in [2.05, 4.69) is 10.3 Å². The van der Waals surface area contributed by atoms with Crippen molar-refractivity contribution in [2.45, 2.75) is 13.3 Å². The lowest BCUT2D eigenvalue weighted by Crippen LogP contribution is -2.00. The Hall–Kier alpha value is -1.71. The van der Waals surface area contributed by atoms with E-state index in [-0.39, 0.29) is 5.69 Å². The molecule has 0 aliphatic carbocycles. The third kappa shape index (κ3) is 1.96. The van der Waals surface area contributed by atoms with Gasteiger partial charge in [-0.25, -0.2) is 13.8 Å². The summed E-state index contributed by atoms with van der Waals surface area (Å²) in [5.41, 5.74) is 1.12. The van der Waals surface area contributed by atoms with Gasteiger partial charge in [0.05, 0.1) is 5.52 Å². The van der Waals surface area contributed by atoms with Crippen molar-refractivity contribution in [3.05, 3.63) is 36.0 Å². The Kier molecular flexibility index (Phi) is 2.99. The summed E-state index contributed by atoms with van der Waals surface area (Å²) in [7, 11) is 0. The van der Waals surface area contributed by atoms with Crippen molar-refractivity contribution in [2.24, 2.45) is 0 Å². The second-order valence-corrected chi connectivity index (χ2v) is 3.44. The van der Waals surface area contributed by atoms with Crippen molar-refractivity contribution < 1.29 is 8.78 Å². The fourth-order valence-corrected chi connectivity index (χ4v) is 1.64. The van der Waals surface area contributed by atoms with Crippen LogP contribution < -0.4 is 5.32 Å². The number of nitrogens with one attached hydrogen (secondary N) is 1. The Labute approximate surface area is 92.3 Å². The monoisotopic (exact) mass is 222 g/mol. The summed E-state index contributed by atoms with van der Waals surface area (Å²) in [6.07, 6.45) is -2.54. The molecule has 1 aromatic carbocycles. The molecule has 0 spiro atoms. The van der Waals surface area contributed by atoms with E-state index in [0.717, 1.165) is 5.39 Å². The van der Waals surface area contributed by atoms with Gasteiger partial charge in [0.25, 0.3) is 6.43 Å². The van der Waals surface area contributed by atoms with Crippen LogP contribution in [0.4, 0.5) is 14.5 Å². The Morgan fingerprint density at radius 3 is 2.75 bits per heavy atom. The molecule has 1 aromatic heterocycles. The summed E-state index contributed by atoms with van der Waals surface area (Å²) >= 11 is 0. The topological polar surface area (TPSA) is 24.9 Å². The summed E-state index contributed by atoms with van der Waals surface area (Å²) in [6, 6.07) is 8.68. The van der Waals surface area contributed by atoms with Crippen molar-refractivity contribution >= 4 is 16.6 Å². The Morgan fingerprint density at radius 1 is 1.31 bits per heavy atom. The summed E-state index contributed by atoms with van der Waals surface area (Å²) < 4.78 is 25.2. The van der Waals surface area contributed by atoms with Gasteiger partial charge in [-0.1, -0.05) is 18.2 Å². The van der Waals surface area contributed by atoms with Crippen LogP contribution in [-0.2, 0) is 0 Å². The number of hydrogen-bond donors (Lipinski definition) is 1. The largest absolute Gasteiger partial charge is 0.385 e. The highest BCUT2D eigenvalue weighted by Crippen LogP contribution is 2.27. The summed E-state index contributed by atoms with van der Waals surface area (Å²) in [5, 5.41) is 3.94. The number of hydrogen-bond acceptors (Lipinski definition) is 2. The molecule has 0 aliphatic rings. The van der Waals surface area contributed by atoms with E-state index >= 15 is 0 Å². The van der Waals surface area contributed by atoms with Crippen LogP contribution in [0.1, 0.15) is 19.0 Å². The van der Waals surface area contributed by atoms with Crippen LogP contribution in [0.3, 0.4) is 0 Å². The molecule has 0 bridgehead atoms. The number of para-hydroxylation sites is 1. The third-order valence-electron chi connectivity index (χ3n) is 2.33. The van der Waals surface area contributed by atoms with Crippen molar-refractivity contribution in [1.29, 1.82) is 0 Å². The molecule has 2 aromatic rings. The second-order valence-electron chi connectivity index (χ2n) is 3.44. The standard InChI is InChI=1S/C12H12F2N2/c1-2-15-10-7-11(12(13)14)16-9-6-4-3-5-8(9)10/h3-7,12H,2H2,1H3,(H,15,16). The first kappa shape index (κ1) is 10.8. The molecule has 0 radical (unpaired) electrons. The molecule has 0 atom stereocenters. The van der Waals surface area contributed by atoms with Crippen molar-refractivity contribution in [1.82, 2.24) is 4.98 Å². The molecular weight excluding hydrogens is 210 g/mol. The number of fused-ring (bicyclic) bond motifs is 1. The van der Waals surface area contributed by atoms with Crippen molar-refractivity contribution in [3.8, 4) is 0 Å². The van der Waals surface area contributed by atoms with E-state index < -0.39 is 6.43 Å². The zero-order valence-corrected chi connectivity index (χ0v) is 8.87. The molecule has 84 valence electrons. The Bertz CT molecular complexity index is 497. The molecule has 0 aliphatic heterocycles. The fourth-order valence-electron chi connectivity index (χ4n) is 1.64. The molecule has 1 N–H and O–H groups in total. The van der Waals surface area contributed by atoms with Gasteiger partial charge in [0.15, 0.2) is 0 Å². The van der Waals surface area contributed by atoms with Crippen molar-refractivity contribution in [2.75, 3.05) is 11.9 Å². The number of anilines is 1. The Balaban J connectivity index is 2.63. The van der Waals surface area contributed by atoms with Crippen LogP contribution in [-0.4, -0.2) is 11.5 Å². The predicted molar refractivity (Wildman–Crippen MR) is 60.9 cm³/mol. The number of alkyl halides is 2. The second kappa shape index (κ2) is 4.43. The first-order valence-electron chi connectivity index (χ1n) is 5.14. The number of halogens is 2. The van der Waals surface area contributed by atoms with Crippen LogP contribution in [0, 0.1) is 0 Å². The zero-order chi connectivity index (χ0) is 11.5. The first-order valence-corrected chi connectivity index (χ1v) is 5.14. The van der Waals surface area contributed by atoms with E-state index in [1.807, 2.05) is 19.1 Å². The van der Waals surface area contributed by atoms with Gasteiger partial charge in [-0.15, -0.1) is 0 Å². The molecular formula is C12H12F2N2. The molecule has 0 unspecified atom stereocenters. The number of nitrogens with zero attached hydrogens (tertiary/aromatic N) is 1. The highest BCUT2D eigenvalue weighted by Gasteiger charge is 2.12. The fraction of sp³-hybridized carbons (Fsp3) is 0.250. The van der Waals surface area contributed by atoms with Gasteiger partial charge < -0.3 is 5.32 Å². The van der Waals surface area contributed by atoms with Gasteiger partial charge >= 0.3 is 0 Å². The summed E-state index contributed by atoms with van der Waals surface area (Å²) in [4.78, 5) is 3.93. The molecule has 0 saturated heterocycles. The minimum absolute atomic E-state index is 0.186. The van der Waals surface area contributed by atoms with Crippen molar-refractivity contribution in [3.63, 3.8) is 0 Å². The lowest BCUT2D eigenvalue weighted by Gasteiger charge is -2.09. The van der Waals surface area contributed by atoms with Gasteiger partial charge in [-0.05, 0) is 19.1 Å². The van der Waals surface area contributed by atoms with E-state index in [0.29, 0.717) is 17.7 Å². The van der Waals surface area contributed by atoms with Crippen LogP contribution >= 0.6 is 0 Å². The van der Waals surface area contributed by atoms with E-state index in [4.69, 9.17) is 0 Å².